The second-order valence-corrected chi connectivity index (χ2v) is 3.35. The lowest BCUT2D eigenvalue weighted by Crippen LogP contribution is -2.13. The molecule has 1 amide bonds. The average molecular weight is 215 g/mol. The van der Waals surface area contributed by atoms with Crippen molar-refractivity contribution in [2.45, 2.75) is 19.8 Å². The second-order valence-electron chi connectivity index (χ2n) is 3.35. The summed E-state index contributed by atoms with van der Waals surface area (Å²) in [5.41, 5.74) is 0.999. The molecule has 0 fully saturated rings. The van der Waals surface area contributed by atoms with E-state index in [1.54, 1.807) is 18.3 Å². The molecule has 1 N–H and O–H groups in total. The van der Waals surface area contributed by atoms with Gasteiger partial charge in [0.25, 0.3) is 5.91 Å². The predicted molar refractivity (Wildman–Crippen MR) is 61.6 cm³/mol. The number of pyridine rings is 1. The number of amides is 1. The summed E-state index contributed by atoms with van der Waals surface area (Å²) in [6, 6.07) is 5.30. The fraction of sp³-hybridized carbons (Fsp3) is 0.250. The van der Waals surface area contributed by atoms with Crippen molar-refractivity contribution in [1.82, 2.24) is 4.98 Å². The van der Waals surface area contributed by atoms with Crippen molar-refractivity contribution in [3.05, 3.63) is 36.0 Å². The van der Waals surface area contributed by atoms with Crippen molar-refractivity contribution in [3.8, 4) is 6.07 Å². The Morgan fingerprint density at radius 1 is 1.62 bits per heavy atom. The maximum absolute atomic E-state index is 11.3. The van der Waals surface area contributed by atoms with Gasteiger partial charge in [0.05, 0.1) is 0 Å². The van der Waals surface area contributed by atoms with Gasteiger partial charge in [0, 0.05) is 6.20 Å². The number of carbonyl (C=O) groups excluding carboxylic acids is 1. The fourth-order valence-electron chi connectivity index (χ4n) is 1.18. The molecule has 0 aliphatic rings. The van der Waals surface area contributed by atoms with Gasteiger partial charge in [-0.2, -0.15) is 5.26 Å². The lowest BCUT2D eigenvalue weighted by molar-refractivity contribution is -0.112. The normalized spacial score (nSPS) is 9.25. The third kappa shape index (κ3) is 3.21. The number of nitriles is 1. The van der Waals surface area contributed by atoms with Gasteiger partial charge in [-0.15, -0.1) is 0 Å². The third-order valence-electron chi connectivity index (χ3n) is 2.01. The molecule has 4 nitrogen and oxygen atoms in total. The highest BCUT2D eigenvalue weighted by Crippen LogP contribution is 2.07. The van der Waals surface area contributed by atoms with Gasteiger partial charge in [-0.25, -0.2) is 4.98 Å². The summed E-state index contributed by atoms with van der Waals surface area (Å²) in [6.07, 6.45) is 3.74. The molecular formula is C12H13N3O. The molecule has 0 unspecified atom stereocenters. The Kier molecular flexibility index (Phi) is 4.22. The molecule has 0 spiro atoms. The molecule has 1 aromatic rings. The lowest BCUT2D eigenvalue weighted by atomic mass is 10.2. The van der Waals surface area contributed by atoms with Crippen LogP contribution >= 0.6 is 0 Å². The largest absolute Gasteiger partial charge is 0.306 e. The van der Waals surface area contributed by atoms with E-state index in [0.717, 1.165) is 18.4 Å². The summed E-state index contributed by atoms with van der Waals surface area (Å²) in [5.74, 6) is -0.0838. The summed E-state index contributed by atoms with van der Waals surface area (Å²) < 4.78 is 0. The van der Waals surface area contributed by atoms with Crippen LogP contribution in [0.3, 0.4) is 0 Å². The van der Waals surface area contributed by atoms with Crippen LogP contribution in [0.2, 0.25) is 0 Å². The maximum atomic E-state index is 11.3. The van der Waals surface area contributed by atoms with Crippen LogP contribution in [0, 0.1) is 11.3 Å². The minimum atomic E-state index is -0.516. The number of nitrogens with one attached hydrogen (secondary N) is 1. The molecule has 0 aromatic carbocycles. The first-order chi connectivity index (χ1) is 7.67. The average Bonchev–Trinajstić information content (AvgIpc) is 2.31. The van der Waals surface area contributed by atoms with E-state index in [1.165, 1.54) is 0 Å². The maximum Gasteiger partial charge on any atom is 0.266 e. The number of aryl methyl sites for hydroxylation is 1. The van der Waals surface area contributed by atoms with Crippen LogP contribution in [0.4, 0.5) is 5.82 Å². The zero-order valence-electron chi connectivity index (χ0n) is 9.16. The summed E-state index contributed by atoms with van der Waals surface area (Å²) in [5, 5.41) is 11.0. The second kappa shape index (κ2) is 5.66. The van der Waals surface area contributed by atoms with Crippen molar-refractivity contribution in [3.63, 3.8) is 0 Å². The highest BCUT2D eigenvalue weighted by atomic mass is 16.1. The van der Waals surface area contributed by atoms with E-state index < -0.39 is 5.91 Å². The number of hydrogen-bond acceptors (Lipinski definition) is 3. The molecule has 1 heterocycles. The number of hydrogen-bond donors (Lipinski definition) is 1. The highest BCUT2D eigenvalue weighted by molar-refractivity contribution is 6.05. The summed E-state index contributed by atoms with van der Waals surface area (Å²) in [6.45, 7) is 5.41. The Morgan fingerprint density at radius 3 is 2.88 bits per heavy atom. The Balaban J connectivity index is 2.66. The van der Waals surface area contributed by atoms with Crippen LogP contribution in [-0.2, 0) is 11.2 Å². The molecule has 0 radical (unpaired) electrons. The molecule has 0 saturated carbocycles. The lowest BCUT2D eigenvalue weighted by Gasteiger charge is -2.03. The number of nitrogens with zero attached hydrogens (tertiary/aromatic N) is 2. The Morgan fingerprint density at radius 2 is 2.38 bits per heavy atom. The van der Waals surface area contributed by atoms with Crippen molar-refractivity contribution in [2.24, 2.45) is 0 Å². The van der Waals surface area contributed by atoms with E-state index in [-0.39, 0.29) is 5.57 Å². The number of rotatable bonds is 4. The smallest absolute Gasteiger partial charge is 0.266 e. The van der Waals surface area contributed by atoms with Gasteiger partial charge in [-0.05, 0) is 18.1 Å². The van der Waals surface area contributed by atoms with E-state index in [1.807, 2.05) is 6.07 Å². The number of aromatic nitrogens is 1. The summed E-state index contributed by atoms with van der Waals surface area (Å²) in [7, 11) is 0. The minimum absolute atomic E-state index is 0.126. The third-order valence-corrected chi connectivity index (χ3v) is 2.01. The van der Waals surface area contributed by atoms with Gasteiger partial charge in [-0.3, -0.25) is 4.79 Å². The molecule has 4 heteroatoms. The zero-order chi connectivity index (χ0) is 12.0. The van der Waals surface area contributed by atoms with E-state index in [2.05, 4.69) is 23.8 Å². The first kappa shape index (κ1) is 11.9. The summed E-state index contributed by atoms with van der Waals surface area (Å²) >= 11 is 0. The van der Waals surface area contributed by atoms with Crippen LogP contribution in [0.5, 0.6) is 0 Å². The number of anilines is 1. The van der Waals surface area contributed by atoms with Gasteiger partial charge >= 0.3 is 0 Å². The molecular weight excluding hydrogens is 202 g/mol. The van der Waals surface area contributed by atoms with Gasteiger partial charge in [-0.1, -0.05) is 26.0 Å². The predicted octanol–water partition coefficient (Wildman–Crippen LogP) is 2.05. The van der Waals surface area contributed by atoms with E-state index in [9.17, 15) is 4.79 Å². The SMILES string of the molecule is C=C(C#N)C(=O)Nc1ccc(CCC)cn1. The van der Waals surface area contributed by atoms with Crippen LogP contribution in [0.25, 0.3) is 0 Å². The minimum Gasteiger partial charge on any atom is -0.306 e. The van der Waals surface area contributed by atoms with Crippen LogP contribution in [0.1, 0.15) is 18.9 Å². The number of carbonyl (C=O) groups is 1. The van der Waals surface area contributed by atoms with Crippen molar-refractivity contribution >= 4 is 11.7 Å². The standard InChI is InChI=1S/C12H13N3O/c1-3-4-10-5-6-11(14-8-10)15-12(16)9(2)7-13/h5-6,8H,2-4H2,1H3,(H,14,15,16). The molecule has 0 aliphatic heterocycles. The van der Waals surface area contributed by atoms with E-state index in [0.29, 0.717) is 5.82 Å². The quantitative estimate of drug-likeness (QED) is 0.617. The van der Waals surface area contributed by atoms with Crippen LogP contribution in [0.15, 0.2) is 30.5 Å². The molecule has 16 heavy (non-hydrogen) atoms. The van der Waals surface area contributed by atoms with Crippen LogP contribution in [-0.4, -0.2) is 10.9 Å². The van der Waals surface area contributed by atoms with E-state index in [4.69, 9.17) is 5.26 Å². The van der Waals surface area contributed by atoms with Crippen molar-refractivity contribution < 1.29 is 4.79 Å². The molecule has 82 valence electrons. The highest BCUT2D eigenvalue weighted by Gasteiger charge is 2.06. The van der Waals surface area contributed by atoms with Crippen molar-refractivity contribution in [2.75, 3.05) is 5.32 Å². The van der Waals surface area contributed by atoms with Gasteiger partial charge in [0.2, 0.25) is 0 Å². The van der Waals surface area contributed by atoms with Gasteiger partial charge in [0.15, 0.2) is 0 Å². The molecule has 0 aliphatic carbocycles. The first-order valence-electron chi connectivity index (χ1n) is 5.02. The van der Waals surface area contributed by atoms with Crippen LogP contribution < -0.4 is 5.32 Å². The molecule has 0 bridgehead atoms. The zero-order valence-corrected chi connectivity index (χ0v) is 9.16. The Hall–Kier alpha value is -2.15. The molecule has 1 rings (SSSR count). The van der Waals surface area contributed by atoms with Gasteiger partial charge in [0.1, 0.15) is 17.5 Å². The molecule has 0 atom stereocenters. The topological polar surface area (TPSA) is 65.8 Å². The van der Waals surface area contributed by atoms with E-state index >= 15 is 0 Å². The summed E-state index contributed by atoms with van der Waals surface area (Å²) in [4.78, 5) is 15.4. The molecule has 1 aromatic heterocycles. The fourth-order valence-corrected chi connectivity index (χ4v) is 1.18. The van der Waals surface area contributed by atoms with Gasteiger partial charge < -0.3 is 5.32 Å². The molecule has 0 saturated heterocycles. The van der Waals surface area contributed by atoms with Crippen molar-refractivity contribution in [1.29, 1.82) is 5.26 Å². The Bertz CT molecular complexity index is 429. The Labute approximate surface area is 94.6 Å². The first-order valence-corrected chi connectivity index (χ1v) is 5.02. The monoisotopic (exact) mass is 215 g/mol.